The van der Waals surface area contributed by atoms with Gasteiger partial charge in [0.15, 0.2) is 5.12 Å². The van der Waals surface area contributed by atoms with E-state index in [1.165, 1.54) is 11.8 Å². The molecule has 0 bridgehead atoms. The van der Waals surface area contributed by atoms with E-state index < -0.39 is 18.3 Å². The summed E-state index contributed by atoms with van der Waals surface area (Å²) in [5.41, 5.74) is 3.50. The number of thioether (sulfide) groups is 1. The highest BCUT2D eigenvalue weighted by molar-refractivity contribution is 8.13. The van der Waals surface area contributed by atoms with Crippen LogP contribution in [0, 0.1) is 0 Å². The molecule has 1 heterocycles. The quantitative estimate of drug-likeness (QED) is 0.614. The molecule has 1 aliphatic rings. The Labute approximate surface area is 172 Å². The Morgan fingerprint density at radius 2 is 1.54 bits per heavy atom. The fourth-order valence-corrected chi connectivity index (χ4v) is 3.65. The molecule has 146 valence electrons. The maximum absolute atomic E-state index is 11.6. The average Bonchev–Trinajstić information content (AvgIpc) is 2.87. The van der Waals surface area contributed by atoms with E-state index in [1.807, 2.05) is 58.0 Å². The van der Waals surface area contributed by atoms with Crippen LogP contribution in [0.15, 0.2) is 60.1 Å². The Morgan fingerprint density at radius 3 is 2.14 bits per heavy atom. The first kappa shape index (κ1) is 20.9. The Kier molecular flexibility index (Phi) is 6.18. The first-order valence-corrected chi connectivity index (χ1v) is 10.5. The Bertz CT molecular complexity index is 858. The number of hydrogen-bond acceptors (Lipinski definition) is 4. The molecule has 5 heteroatoms. The predicted octanol–water partition coefficient (Wildman–Crippen LogP) is 5.65. The van der Waals surface area contributed by atoms with Crippen molar-refractivity contribution in [1.29, 1.82) is 0 Å². The van der Waals surface area contributed by atoms with E-state index in [-0.39, 0.29) is 5.12 Å². The highest BCUT2D eigenvalue weighted by Gasteiger charge is 2.52. The van der Waals surface area contributed by atoms with Crippen LogP contribution in [0.2, 0.25) is 0 Å². The first-order valence-electron chi connectivity index (χ1n) is 9.53. The SMILES string of the molecule is CC(=O)SCC(=Cc1ccccc1-c1ccccc1)B1OC(C)(C)C(C)(C)O1. The van der Waals surface area contributed by atoms with Gasteiger partial charge in [-0.2, -0.15) is 0 Å². The number of rotatable bonds is 5. The number of carbonyl (C=O) groups excluding carboxylic acids is 1. The molecule has 0 aliphatic carbocycles. The molecule has 1 fully saturated rings. The predicted molar refractivity (Wildman–Crippen MR) is 119 cm³/mol. The van der Waals surface area contributed by atoms with E-state index >= 15 is 0 Å². The molecular weight excluding hydrogens is 367 g/mol. The summed E-state index contributed by atoms with van der Waals surface area (Å²) in [5.74, 6) is 0.537. The van der Waals surface area contributed by atoms with Crippen molar-refractivity contribution in [3.8, 4) is 11.1 Å². The summed E-state index contributed by atoms with van der Waals surface area (Å²) in [6.07, 6.45) is 2.11. The monoisotopic (exact) mass is 394 g/mol. The van der Waals surface area contributed by atoms with Gasteiger partial charge < -0.3 is 9.31 Å². The molecular formula is C23H27BO3S. The summed E-state index contributed by atoms with van der Waals surface area (Å²) >= 11 is 1.28. The molecule has 28 heavy (non-hydrogen) atoms. The minimum absolute atomic E-state index is 0.0822. The smallest absolute Gasteiger partial charge is 0.400 e. The van der Waals surface area contributed by atoms with E-state index in [0.29, 0.717) is 5.75 Å². The lowest BCUT2D eigenvalue weighted by molar-refractivity contribution is -0.109. The molecule has 0 radical (unpaired) electrons. The van der Waals surface area contributed by atoms with Crippen LogP contribution in [-0.2, 0) is 14.1 Å². The fraction of sp³-hybridized carbons (Fsp3) is 0.348. The lowest BCUT2D eigenvalue weighted by atomic mass is 9.77. The maximum Gasteiger partial charge on any atom is 0.491 e. The summed E-state index contributed by atoms with van der Waals surface area (Å²) in [6, 6.07) is 18.6. The highest BCUT2D eigenvalue weighted by Crippen LogP contribution is 2.39. The zero-order valence-corrected chi connectivity index (χ0v) is 18.0. The molecule has 1 aliphatic heterocycles. The van der Waals surface area contributed by atoms with Crippen LogP contribution < -0.4 is 0 Å². The topological polar surface area (TPSA) is 35.5 Å². The van der Waals surface area contributed by atoms with Crippen molar-refractivity contribution < 1.29 is 14.1 Å². The lowest BCUT2D eigenvalue weighted by Gasteiger charge is -2.32. The summed E-state index contributed by atoms with van der Waals surface area (Å²) < 4.78 is 12.5. The van der Waals surface area contributed by atoms with Crippen molar-refractivity contribution in [2.75, 3.05) is 5.75 Å². The van der Waals surface area contributed by atoms with Crippen LogP contribution in [0.5, 0.6) is 0 Å². The summed E-state index contributed by atoms with van der Waals surface area (Å²) in [4.78, 5) is 11.6. The third-order valence-corrected chi connectivity index (χ3v) is 6.27. The zero-order chi connectivity index (χ0) is 20.4. The van der Waals surface area contributed by atoms with Gasteiger partial charge in [-0.25, -0.2) is 0 Å². The van der Waals surface area contributed by atoms with Gasteiger partial charge >= 0.3 is 7.12 Å². The van der Waals surface area contributed by atoms with Crippen LogP contribution in [0.1, 0.15) is 40.2 Å². The van der Waals surface area contributed by atoms with Gasteiger partial charge in [0.1, 0.15) is 0 Å². The fourth-order valence-electron chi connectivity index (χ4n) is 3.06. The van der Waals surface area contributed by atoms with Gasteiger partial charge in [-0.3, -0.25) is 4.79 Å². The van der Waals surface area contributed by atoms with Gasteiger partial charge in [-0.15, -0.1) is 0 Å². The average molecular weight is 394 g/mol. The van der Waals surface area contributed by atoms with Crippen molar-refractivity contribution in [1.82, 2.24) is 0 Å². The minimum Gasteiger partial charge on any atom is -0.400 e. The van der Waals surface area contributed by atoms with Crippen LogP contribution in [0.25, 0.3) is 17.2 Å². The minimum atomic E-state index is -0.472. The number of benzene rings is 2. The first-order chi connectivity index (χ1) is 13.2. The summed E-state index contributed by atoms with van der Waals surface area (Å²) in [6.45, 7) is 9.76. The van der Waals surface area contributed by atoms with E-state index in [4.69, 9.17) is 9.31 Å². The van der Waals surface area contributed by atoms with Gasteiger partial charge in [0.2, 0.25) is 0 Å². The van der Waals surface area contributed by atoms with Crippen molar-refractivity contribution in [2.24, 2.45) is 0 Å². The van der Waals surface area contributed by atoms with Gasteiger partial charge in [0.25, 0.3) is 0 Å². The van der Waals surface area contributed by atoms with E-state index in [1.54, 1.807) is 6.92 Å². The highest BCUT2D eigenvalue weighted by atomic mass is 32.2. The van der Waals surface area contributed by atoms with Gasteiger partial charge in [0.05, 0.1) is 11.2 Å². The van der Waals surface area contributed by atoms with Crippen LogP contribution >= 0.6 is 11.8 Å². The number of hydrogen-bond donors (Lipinski definition) is 0. The van der Waals surface area contributed by atoms with E-state index in [0.717, 1.165) is 22.2 Å². The normalized spacial score (nSPS) is 18.3. The standard InChI is InChI=1S/C23H27BO3S/c1-17(25)28-16-20(24-26-22(2,3)23(4,5)27-24)15-19-13-9-10-14-21(19)18-11-7-6-8-12-18/h6-15H,16H2,1-5H3. The molecule has 0 N–H and O–H groups in total. The molecule has 0 spiro atoms. The molecule has 0 unspecified atom stereocenters. The third kappa shape index (κ3) is 4.60. The molecule has 3 rings (SSSR count). The molecule has 2 aromatic carbocycles. The van der Waals surface area contributed by atoms with Crippen molar-refractivity contribution >= 4 is 30.1 Å². The Balaban J connectivity index is 2.00. The second-order valence-electron chi connectivity index (χ2n) is 8.04. The third-order valence-electron chi connectivity index (χ3n) is 5.38. The molecule has 3 nitrogen and oxygen atoms in total. The van der Waals surface area contributed by atoms with Gasteiger partial charge in [0, 0.05) is 12.7 Å². The van der Waals surface area contributed by atoms with E-state index in [2.05, 4.69) is 30.3 Å². The van der Waals surface area contributed by atoms with Crippen molar-refractivity contribution in [3.63, 3.8) is 0 Å². The lowest BCUT2D eigenvalue weighted by Crippen LogP contribution is -2.41. The van der Waals surface area contributed by atoms with Gasteiger partial charge in [-0.05, 0) is 49.9 Å². The molecule has 0 atom stereocenters. The largest absolute Gasteiger partial charge is 0.491 e. The molecule has 1 saturated heterocycles. The summed E-state index contributed by atoms with van der Waals surface area (Å²) in [5, 5.41) is 0.0822. The molecule has 2 aromatic rings. The molecule has 0 amide bonds. The van der Waals surface area contributed by atoms with Gasteiger partial charge in [-0.1, -0.05) is 72.4 Å². The van der Waals surface area contributed by atoms with Crippen molar-refractivity contribution in [2.45, 2.75) is 45.8 Å². The maximum atomic E-state index is 11.6. The van der Waals surface area contributed by atoms with Crippen LogP contribution in [0.3, 0.4) is 0 Å². The Hall–Kier alpha value is -1.82. The van der Waals surface area contributed by atoms with Crippen LogP contribution in [0.4, 0.5) is 0 Å². The number of carbonyl (C=O) groups is 1. The Morgan fingerprint density at radius 1 is 0.964 bits per heavy atom. The van der Waals surface area contributed by atoms with Crippen LogP contribution in [-0.4, -0.2) is 29.2 Å². The summed E-state index contributed by atoms with van der Waals surface area (Å²) in [7, 11) is -0.472. The van der Waals surface area contributed by atoms with Crippen molar-refractivity contribution in [3.05, 3.63) is 65.6 Å². The van der Waals surface area contributed by atoms with E-state index in [9.17, 15) is 4.79 Å². The molecule has 0 saturated carbocycles. The molecule has 0 aromatic heterocycles. The second kappa shape index (κ2) is 8.28. The zero-order valence-electron chi connectivity index (χ0n) is 17.2. The second-order valence-corrected chi connectivity index (χ2v) is 9.19.